The number of fused-ring (bicyclic) bond motifs is 2. The van der Waals surface area contributed by atoms with Gasteiger partial charge in [0.1, 0.15) is 0 Å². The average molecular weight is 814 g/mol. The molecule has 1 aliphatic carbocycles. The van der Waals surface area contributed by atoms with Gasteiger partial charge in [0.05, 0.1) is 38.5 Å². The fraction of sp³-hybridized carbons (Fsp3) is 0.209. The van der Waals surface area contributed by atoms with Gasteiger partial charge in [0, 0.05) is 45.3 Å². The second kappa shape index (κ2) is 14.9. The van der Waals surface area contributed by atoms with E-state index in [0.717, 1.165) is 86.7 Å². The van der Waals surface area contributed by atoms with Crippen molar-refractivity contribution in [3.63, 3.8) is 0 Å². The Labute approximate surface area is 331 Å². The highest BCUT2D eigenvalue weighted by atomic mass is 35.5. The van der Waals surface area contributed by atoms with E-state index < -0.39 is 25.7 Å². The monoisotopic (exact) mass is 813 g/mol. The van der Waals surface area contributed by atoms with E-state index in [0.29, 0.717) is 15.9 Å². The van der Waals surface area contributed by atoms with Gasteiger partial charge >= 0.3 is 10.9 Å². The summed E-state index contributed by atoms with van der Waals surface area (Å²) < 4.78 is 74.9. The van der Waals surface area contributed by atoms with Gasteiger partial charge in [-0.2, -0.15) is 25.8 Å². The summed E-state index contributed by atoms with van der Waals surface area (Å²) >= 11 is 8.53. The summed E-state index contributed by atoms with van der Waals surface area (Å²) in [6.45, 7) is 8.43. The highest BCUT2D eigenvalue weighted by molar-refractivity contribution is 7.99. The Kier molecular flexibility index (Phi) is 10.6. The largest absolute Gasteiger partial charge is 0.393 e. The van der Waals surface area contributed by atoms with Crippen LogP contribution in [-0.4, -0.2) is 36.2 Å². The maximum Gasteiger partial charge on any atom is 0.393 e. The van der Waals surface area contributed by atoms with Crippen LogP contribution in [0.15, 0.2) is 160 Å². The van der Waals surface area contributed by atoms with Gasteiger partial charge in [0.15, 0.2) is 5.70 Å². The Bertz CT molecular complexity index is 2650. The zero-order valence-corrected chi connectivity index (χ0v) is 33.9. The van der Waals surface area contributed by atoms with Crippen molar-refractivity contribution in [2.45, 2.75) is 78.6 Å². The summed E-state index contributed by atoms with van der Waals surface area (Å²) in [6, 6.07) is 24.4. The van der Waals surface area contributed by atoms with Crippen molar-refractivity contribution in [3.8, 4) is 11.3 Å². The summed E-state index contributed by atoms with van der Waals surface area (Å²) in [5.41, 5.74) is 9.56. The van der Waals surface area contributed by atoms with Gasteiger partial charge in [-0.25, -0.2) is 0 Å². The molecule has 282 valence electrons. The molecule has 0 atom stereocenters. The molecule has 3 heterocycles. The lowest BCUT2D eigenvalue weighted by atomic mass is 9.77. The van der Waals surface area contributed by atoms with Crippen molar-refractivity contribution >= 4 is 61.1 Å². The second-order valence-electron chi connectivity index (χ2n) is 14.2. The predicted molar refractivity (Wildman–Crippen MR) is 218 cm³/mol. The number of nitrogens with zero attached hydrogens (tertiary/aromatic N) is 1. The fourth-order valence-corrected chi connectivity index (χ4v) is 9.68. The zero-order valence-electron chi connectivity index (χ0n) is 30.7. The third kappa shape index (κ3) is 7.74. The molecule has 1 aromatic heterocycles. The van der Waals surface area contributed by atoms with Crippen LogP contribution in [0.2, 0.25) is 0 Å². The standard InChI is InChI=1S/C43H38ClNO7S3/c1-5-37-27(2)35(42-43(3,4)36-26-34(55(49,50)51)21-22-38(36)45(37)42)25-31-16-10-15-30(41(31)44)14-9-11-28-23-39(29-12-7-6-8-13-29)52-40(24-28)53-32-17-19-33(20-18-32)54(46,47)48/h6-9,11-14,17-26H,5,10,15-16H2,1-4H3/p+2/b11-9+,30-14+,35-25-. The first-order chi connectivity index (χ1) is 26.1. The van der Waals surface area contributed by atoms with E-state index in [4.69, 9.17) is 16.0 Å². The highest BCUT2D eigenvalue weighted by Crippen LogP contribution is 2.50. The molecule has 0 amide bonds. The fourth-order valence-electron chi connectivity index (χ4n) is 7.56. The van der Waals surface area contributed by atoms with E-state index in [2.05, 4.69) is 38.3 Å². The van der Waals surface area contributed by atoms with Crippen LogP contribution in [0.3, 0.4) is 0 Å². The summed E-state index contributed by atoms with van der Waals surface area (Å²) in [5, 5.41) is 1.31. The molecule has 12 heteroatoms. The Hall–Kier alpha value is -4.36. The third-order valence-electron chi connectivity index (χ3n) is 10.2. The normalized spacial score (nSPS) is 18.6. The number of hydrogen-bond acceptors (Lipinski definition) is 5. The zero-order chi connectivity index (χ0) is 39.3. The molecule has 0 saturated heterocycles. The summed E-state index contributed by atoms with van der Waals surface area (Å²) in [4.78, 5) is 0.450. The number of hydrogen-bond donors (Lipinski definition) is 2. The first-order valence-corrected chi connectivity index (χ1v) is 21.9. The predicted octanol–water partition coefficient (Wildman–Crippen LogP) is 11.2. The van der Waals surface area contributed by atoms with Gasteiger partial charge in [-0.15, -0.1) is 0 Å². The van der Waals surface area contributed by atoms with Crippen molar-refractivity contribution in [3.05, 3.63) is 147 Å². The van der Waals surface area contributed by atoms with E-state index in [9.17, 15) is 25.9 Å². The molecule has 4 aromatic rings. The SMILES string of the molecule is CCC1=C(C)/C(=C/C2=C(Cl)C(=C/C=C/c3cc(Sc4ccc(S(=O)(=O)O)cc4)[o+]c(-c4ccccc4)c3)/CCC2)C2=[N+]1c1ccc(S(=O)(=O)O)cc1C2(C)C. The lowest BCUT2D eigenvalue weighted by molar-refractivity contribution is -0.380. The molecule has 0 fully saturated rings. The molecule has 2 N–H and O–H groups in total. The Morgan fingerprint density at radius 2 is 1.60 bits per heavy atom. The molecule has 8 nitrogen and oxygen atoms in total. The summed E-state index contributed by atoms with van der Waals surface area (Å²) in [7, 11) is -8.66. The third-order valence-corrected chi connectivity index (χ3v) is 13.4. The van der Waals surface area contributed by atoms with E-state index >= 15 is 0 Å². The van der Waals surface area contributed by atoms with Gasteiger partial charge in [0.25, 0.3) is 20.2 Å². The van der Waals surface area contributed by atoms with Crippen LogP contribution >= 0.6 is 23.4 Å². The summed E-state index contributed by atoms with van der Waals surface area (Å²) in [5.74, 6) is 0.668. The lowest BCUT2D eigenvalue weighted by Gasteiger charge is -2.21. The van der Waals surface area contributed by atoms with Gasteiger partial charge in [-0.3, -0.25) is 9.11 Å². The minimum absolute atomic E-state index is 0.115. The molecule has 0 saturated carbocycles. The molecule has 55 heavy (non-hydrogen) atoms. The van der Waals surface area contributed by atoms with E-state index in [1.807, 2.05) is 60.7 Å². The minimum atomic E-state index is -4.36. The molecule has 2 aliphatic heterocycles. The molecule has 0 bridgehead atoms. The second-order valence-corrected chi connectivity index (χ2v) is 18.5. The molecular weight excluding hydrogens is 774 g/mol. The van der Waals surface area contributed by atoms with E-state index in [1.165, 1.54) is 30.0 Å². The van der Waals surface area contributed by atoms with Crippen LogP contribution in [0.4, 0.5) is 5.69 Å². The smallest absolute Gasteiger partial charge is 0.282 e. The Balaban J connectivity index is 1.21. The maximum absolute atomic E-state index is 12.1. The number of rotatable bonds is 9. The first kappa shape index (κ1) is 38.9. The van der Waals surface area contributed by atoms with Crippen LogP contribution in [0.5, 0.6) is 0 Å². The molecular formula is C43H40ClNO7S3+2. The van der Waals surface area contributed by atoms with Crippen molar-refractivity contribution in [1.29, 1.82) is 0 Å². The van der Waals surface area contributed by atoms with Crippen molar-refractivity contribution in [2.75, 3.05) is 0 Å². The quantitative estimate of drug-likeness (QED) is 0.0973. The lowest BCUT2D eigenvalue weighted by Crippen LogP contribution is -2.28. The van der Waals surface area contributed by atoms with Crippen molar-refractivity contribution in [1.82, 2.24) is 0 Å². The molecule has 0 spiro atoms. The Morgan fingerprint density at radius 3 is 2.27 bits per heavy atom. The minimum Gasteiger partial charge on any atom is -0.282 e. The van der Waals surface area contributed by atoms with Crippen molar-refractivity contribution < 1.29 is 34.9 Å². The van der Waals surface area contributed by atoms with Gasteiger partial charge in [0.2, 0.25) is 11.4 Å². The Morgan fingerprint density at radius 1 is 0.909 bits per heavy atom. The molecule has 3 aliphatic rings. The van der Waals surface area contributed by atoms with Gasteiger partial charge < -0.3 is 0 Å². The van der Waals surface area contributed by atoms with Crippen LogP contribution in [0, 0.1) is 0 Å². The van der Waals surface area contributed by atoms with Crippen LogP contribution < -0.4 is 0 Å². The topological polar surface area (TPSA) is 123 Å². The van der Waals surface area contributed by atoms with E-state index in [-0.39, 0.29) is 9.79 Å². The molecule has 0 unspecified atom stereocenters. The average Bonchev–Trinajstić information content (AvgIpc) is 3.55. The van der Waals surface area contributed by atoms with Crippen LogP contribution in [-0.2, 0) is 25.7 Å². The van der Waals surface area contributed by atoms with Crippen LogP contribution in [0.1, 0.15) is 64.5 Å². The number of halogens is 1. The highest BCUT2D eigenvalue weighted by Gasteiger charge is 2.53. The van der Waals surface area contributed by atoms with Crippen molar-refractivity contribution in [2.24, 2.45) is 0 Å². The van der Waals surface area contributed by atoms with E-state index in [1.54, 1.807) is 24.3 Å². The maximum atomic E-state index is 12.1. The van der Waals surface area contributed by atoms with Gasteiger partial charge in [-0.05, 0) is 111 Å². The van der Waals surface area contributed by atoms with Gasteiger partial charge in [-0.1, -0.05) is 55.0 Å². The first-order valence-electron chi connectivity index (χ1n) is 17.8. The molecule has 0 radical (unpaired) electrons. The van der Waals surface area contributed by atoms with Crippen LogP contribution in [0.25, 0.3) is 17.4 Å². The molecule has 7 rings (SSSR count). The summed E-state index contributed by atoms with van der Waals surface area (Å²) in [6.07, 6.45) is 11.6. The number of benzene rings is 3. The molecule has 3 aromatic carbocycles. The number of allylic oxidation sites excluding steroid dienone is 9.